The van der Waals surface area contributed by atoms with Gasteiger partial charge in [-0.15, -0.1) is 0 Å². The molecule has 5 heteroatoms. The topological polar surface area (TPSA) is 41.5 Å². The zero-order valence-electron chi connectivity index (χ0n) is 13.6. The van der Waals surface area contributed by atoms with Gasteiger partial charge in [0.15, 0.2) is 5.17 Å². The van der Waals surface area contributed by atoms with E-state index in [1.54, 1.807) is 0 Å². The Labute approximate surface area is 151 Å². The molecule has 1 amide bonds. The van der Waals surface area contributed by atoms with Crippen LogP contribution >= 0.6 is 23.4 Å². The normalized spacial score (nSPS) is 19.1. The lowest BCUT2D eigenvalue weighted by Crippen LogP contribution is -2.25. The minimum absolute atomic E-state index is 0.00694. The van der Waals surface area contributed by atoms with E-state index < -0.39 is 0 Å². The molecule has 3 nitrogen and oxygen atoms in total. The summed E-state index contributed by atoms with van der Waals surface area (Å²) in [6.45, 7) is 4.32. The van der Waals surface area contributed by atoms with Crippen LogP contribution in [0.3, 0.4) is 0 Å². The molecule has 1 fully saturated rings. The molecule has 1 heterocycles. The van der Waals surface area contributed by atoms with Crippen molar-refractivity contribution in [3.05, 3.63) is 64.7 Å². The van der Waals surface area contributed by atoms with Gasteiger partial charge in [0.2, 0.25) is 5.91 Å². The number of carbonyl (C=O) groups excluding carboxylic acids is 1. The highest BCUT2D eigenvalue weighted by atomic mass is 35.5. The number of nitrogens with zero attached hydrogens (tertiary/aromatic N) is 1. The van der Waals surface area contributed by atoms with Gasteiger partial charge in [0.1, 0.15) is 0 Å². The fourth-order valence-corrected chi connectivity index (χ4v) is 3.63. The number of aliphatic imine (C=N–C) groups is 1. The number of thioether (sulfide) groups is 1. The molecule has 124 valence electrons. The Morgan fingerprint density at radius 1 is 1.12 bits per heavy atom. The van der Waals surface area contributed by atoms with Gasteiger partial charge in [0.05, 0.1) is 10.9 Å². The second-order valence-electron chi connectivity index (χ2n) is 6.09. The lowest BCUT2D eigenvalue weighted by Gasteiger charge is -2.05. The Morgan fingerprint density at radius 2 is 1.79 bits per heavy atom. The van der Waals surface area contributed by atoms with E-state index in [4.69, 9.17) is 11.6 Å². The maximum absolute atomic E-state index is 12.2. The molecule has 2 aromatic rings. The molecule has 1 atom stereocenters. The van der Waals surface area contributed by atoms with Crippen molar-refractivity contribution in [1.82, 2.24) is 5.32 Å². The van der Waals surface area contributed by atoms with Crippen molar-refractivity contribution < 1.29 is 4.79 Å². The fraction of sp³-hybridized carbons (Fsp3) is 0.263. The first-order valence-corrected chi connectivity index (χ1v) is 9.17. The highest BCUT2D eigenvalue weighted by Gasteiger charge is 2.30. The van der Waals surface area contributed by atoms with Crippen molar-refractivity contribution in [3.8, 4) is 0 Å². The van der Waals surface area contributed by atoms with Gasteiger partial charge >= 0.3 is 0 Å². The Kier molecular flexibility index (Phi) is 5.27. The van der Waals surface area contributed by atoms with Crippen LogP contribution < -0.4 is 5.32 Å². The largest absolute Gasteiger partial charge is 0.304 e. The van der Waals surface area contributed by atoms with Crippen LogP contribution in [-0.2, 0) is 11.2 Å². The van der Waals surface area contributed by atoms with Crippen molar-refractivity contribution in [2.45, 2.75) is 31.4 Å². The highest BCUT2D eigenvalue weighted by molar-refractivity contribution is 8.15. The van der Waals surface area contributed by atoms with Gasteiger partial charge in [-0.2, -0.15) is 0 Å². The number of halogens is 1. The maximum Gasteiger partial charge on any atom is 0.239 e. The van der Waals surface area contributed by atoms with Crippen LogP contribution in [0.15, 0.2) is 53.5 Å². The molecule has 24 heavy (non-hydrogen) atoms. The second kappa shape index (κ2) is 7.41. The van der Waals surface area contributed by atoms with E-state index in [0.29, 0.717) is 22.5 Å². The van der Waals surface area contributed by atoms with Crippen LogP contribution in [-0.4, -0.2) is 16.3 Å². The number of nitrogens with one attached hydrogen (secondary N) is 1. The summed E-state index contributed by atoms with van der Waals surface area (Å²) in [6, 6.07) is 15.7. The zero-order valence-corrected chi connectivity index (χ0v) is 15.2. The average molecular weight is 359 g/mol. The van der Waals surface area contributed by atoms with E-state index in [-0.39, 0.29) is 11.2 Å². The van der Waals surface area contributed by atoms with Crippen LogP contribution in [0.5, 0.6) is 0 Å². The van der Waals surface area contributed by atoms with E-state index >= 15 is 0 Å². The smallest absolute Gasteiger partial charge is 0.239 e. The third-order valence-corrected chi connectivity index (χ3v) is 5.24. The first kappa shape index (κ1) is 17.1. The number of amides is 1. The minimum Gasteiger partial charge on any atom is -0.304 e. The third kappa shape index (κ3) is 4.19. The van der Waals surface area contributed by atoms with Crippen LogP contribution in [0, 0.1) is 0 Å². The zero-order chi connectivity index (χ0) is 17.1. The number of rotatable bonds is 4. The van der Waals surface area contributed by atoms with Crippen LogP contribution in [0.2, 0.25) is 5.02 Å². The molecule has 1 aliphatic heterocycles. The first-order valence-electron chi connectivity index (χ1n) is 7.92. The minimum atomic E-state index is -0.153. The maximum atomic E-state index is 12.2. The molecule has 1 saturated heterocycles. The van der Waals surface area contributed by atoms with Crippen LogP contribution in [0.25, 0.3) is 0 Å². The lowest BCUT2D eigenvalue weighted by molar-refractivity contribution is -0.118. The molecule has 0 bridgehead atoms. The summed E-state index contributed by atoms with van der Waals surface area (Å²) in [5, 5.41) is 4.08. The molecular formula is C19H19ClN2OS. The molecule has 0 saturated carbocycles. The van der Waals surface area contributed by atoms with Gasteiger partial charge in [0, 0.05) is 5.02 Å². The number of hydrogen-bond donors (Lipinski definition) is 1. The van der Waals surface area contributed by atoms with Gasteiger partial charge in [-0.25, -0.2) is 4.99 Å². The summed E-state index contributed by atoms with van der Waals surface area (Å²) in [5.41, 5.74) is 3.23. The van der Waals surface area contributed by atoms with Crippen molar-refractivity contribution >= 4 is 40.1 Å². The molecule has 1 aliphatic rings. The predicted molar refractivity (Wildman–Crippen MR) is 102 cm³/mol. The Hall–Kier alpha value is -1.78. The van der Waals surface area contributed by atoms with Gasteiger partial charge in [-0.3, -0.25) is 4.79 Å². The van der Waals surface area contributed by atoms with Crippen LogP contribution in [0.1, 0.15) is 30.9 Å². The summed E-state index contributed by atoms with van der Waals surface area (Å²) in [5.74, 6) is 0.503. The van der Waals surface area contributed by atoms with Crippen molar-refractivity contribution in [3.63, 3.8) is 0 Å². The summed E-state index contributed by atoms with van der Waals surface area (Å²) in [4.78, 5) is 16.7. The number of amidine groups is 1. The molecule has 0 spiro atoms. The van der Waals surface area contributed by atoms with E-state index in [2.05, 4.69) is 36.3 Å². The summed E-state index contributed by atoms with van der Waals surface area (Å²) in [6.07, 6.45) is 0.666. The predicted octanol–water partition coefficient (Wildman–Crippen LogP) is 4.93. The fourth-order valence-electron chi connectivity index (χ4n) is 2.48. The lowest BCUT2D eigenvalue weighted by atomic mass is 10.0. The number of hydrogen-bond acceptors (Lipinski definition) is 3. The van der Waals surface area contributed by atoms with Crippen molar-refractivity contribution in [2.24, 2.45) is 4.99 Å². The number of benzene rings is 2. The van der Waals surface area contributed by atoms with E-state index in [9.17, 15) is 4.79 Å². The van der Waals surface area contributed by atoms with E-state index in [1.165, 1.54) is 17.3 Å². The molecule has 3 rings (SSSR count). The van der Waals surface area contributed by atoms with E-state index in [0.717, 1.165) is 11.3 Å². The first-order chi connectivity index (χ1) is 11.5. The van der Waals surface area contributed by atoms with Crippen LogP contribution in [0.4, 0.5) is 5.69 Å². The van der Waals surface area contributed by atoms with Crippen molar-refractivity contribution in [2.75, 3.05) is 0 Å². The van der Waals surface area contributed by atoms with Gasteiger partial charge < -0.3 is 5.32 Å². The van der Waals surface area contributed by atoms with Gasteiger partial charge in [0.25, 0.3) is 0 Å². The highest BCUT2D eigenvalue weighted by Crippen LogP contribution is 2.27. The number of carbonyl (C=O) groups is 1. The molecule has 0 aliphatic carbocycles. The molecule has 0 aromatic heterocycles. The van der Waals surface area contributed by atoms with E-state index in [1.807, 2.05) is 36.4 Å². The summed E-state index contributed by atoms with van der Waals surface area (Å²) in [7, 11) is 0. The molecular weight excluding hydrogens is 340 g/mol. The SMILES string of the molecule is CC(C)c1ccc(N=C2NC(=O)C(Cc3ccc(Cl)cc3)S2)cc1. The molecule has 2 aromatic carbocycles. The standard InChI is InChI=1S/C19H19ClN2OS/c1-12(2)14-5-9-16(10-6-14)21-19-22-18(23)17(24-19)11-13-3-7-15(20)8-4-13/h3-10,12,17H,11H2,1-2H3,(H,21,22,23). The Bertz CT molecular complexity index is 754. The van der Waals surface area contributed by atoms with Gasteiger partial charge in [-0.05, 0) is 47.7 Å². The van der Waals surface area contributed by atoms with Crippen molar-refractivity contribution in [1.29, 1.82) is 0 Å². The molecule has 1 unspecified atom stereocenters. The summed E-state index contributed by atoms with van der Waals surface area (Å²) < 4.78 is 0. The van der Waals surface area contributed by atoms with Gasteiger partial charge in [-0.1, -0.05) is 61.5 Å². The summed E-state index contributed by atoms with van der Waals surface area (Å²) >= 11 is 7.38. The third-order valence-electron chi connectivity index (χ3n) is 3.90. The monoisotopic (exact) mass is 358 g/mol. The quantitative estimate of drug-likeness (QED) is 0.842. The average Bonchev–Trinajstić information content (AvgIpc) is 2.89. The Balaban J connectivity index is 1.68. The molecule has 0 radical (unpaired) electrons. The second-order valence-corrected chi connectivity index (χ2v) is 7.72. The Morgan fingerprint density at radius 3 is 2.42 bits per heavy atom. The molecule has 1 N–H and O–H groups in total.